The van der Waals surface area contributed by atoms with Crippen LogP contribution in [0.4, 0.5) is 41.9 Å². The molecule has 0 atom stereocenters. The van der Waals surface area contributed by atoms with Gasteiger partial charge >= 0.3 is 78.7 Å². The molecule has 0 aliphatic rings. The predicted octanol–water partition coefficient (Wildman–Crippen LogP) is -4.86. The van der Waals surface area contributed by atoms with Gasteiger partial charge in [-0.25, -0.2) is 56.9 Å². The Hall–Kier alpha value is -7.25. The number of nitrogens with two attached hydrogens (primary N) is 6. The Morgan fingerprint density at radius 2 is 0.776 bits per heavy atom. The average molecular weight is 849 g/mol. The van der Waals surface area contributed by atoms with Crippen LogP contribution < -0.4 is 68.1 Å². The first-order chi connectivity index (χ1) is 26.9. The average Bonchev–Trinajstić information content (AvgIpc) is 3.10. The molecule has 0 radical (unpaired) electrons. The lowest BCUT2D eigenvalue weighted by atomic mass is 9.90. The molecule has 0 unspecified atom stereocenters. The van der Waals surface area contributed by atoms with E-state index in [0.29, 0.717) is 0 Å². The molecule has 314 valence electrons. The van der Waals surface area contributed by atoms with Gasteiger partial charge in [-0.15, -0.1) is 0 Å². The van der Waals surface area contributed by atoms with Gasteiger partial charge < -0.3 is 47.7 Å². The number of aromatic nitrogens is 6. The fourth-order valence-corrected chi connectivity index (χ4v) is 9.73. The number of primary amides is 6. The number of nitrogens with zero attached hydrogens (tertiary/aromatic N) is 6. The Labute approximate surface area is 317 Å². The Morgan fingerprint density at radius 3 is 1.05 bits per heavy atom. The second-order valence-electron chi connectivity index (χ2n) is 11.2. The molecule has 0 saturated heterocycles. The van der Waals surface area contributed by atoms with E-state index in [2.05, 4.69) is 0 Å². The molecular formula is C27H31F3N12O15Si. The highest BCUT2D eigenvalue weighted by Gasteiger charge is 2.69. The monoisotopic (exact) mass is 848 g/mol. The number of halogens is 3. The number of rotatable bonds is 12. The molecule has 3 heterocycles. The van der Waals surface area contributed by atoms with Crippen molar-refractivity contribution >= 4 is 45.0 Å². The Morgan fingerprint density at radius 1 is 0.500 bits per heavy atom. The predicted molar refractivity (Wildman–Crippen MR) is 184 cm³/mol. The maximum Gasteiger partial charge on any atom is 0.520 e. The standard InChI is InChI=1S/C27H31F3N12O15Si/c1-4-55-58(56-5-2,57-6-3)27(13-11(29)16(44)41(22(35)50)25(53)38(13)19(32)47,14-12(30)17(45)42(23(36)51)26(54)39(14)20(33)48)8-7-9-10(28)15(43)40(21(34)49)24(52)37(9)18(31)46/h4-8H2,1-3H3,(H2,31,46)(H2,32,47)(H2,33,48)(H2,34,49)(H2,35,50)(H2,36,51). The summed E-state index contributed by atoms with van der Waals surface area (Å²) in [7, 11) is -5.95. The smallest absolute Gasteiger partial charge is 0.373 e. The lowest BCUT2D eigenvalue weighted by Gasteiger charge is -2.46. The quantitative estimate of drug-likeness (QED) is 0.0931. The van der Waals surface area contributed by atoms with Crippen molar-refractivity contribution in [2.75, 3.05) is 19.8 Å². The molecule has 31 heteroatoms. The molecule has 0 spiro atoms. The number of carbonyl (C=O) groups is 6. The highest BCUT2D eigenvalue weighted by atomic mass is 28.4. The second-order valence-corrected chi connectivity index (χ2v) is 14.0. The molecule has 0 bridgehead atoms. The SMILES string of the molecule is CCO[Si](OCC)(OCC)C(CCc1c(F)c(=O)n(C(N)=O)c(=O)n1C(N)=O)(c1c(F)c(=O)n(C(N)=O)c(=O)n1C(N)=O)c1c(F)c(=O)n(C(N)=O)c(=O)n1C(N)=O. The minimum atomic E-state index is -5.95. The van der Waals surface area contributed by atoms with Crippen molar-refractivity contribution in [3.05, 3.63) is 97.0 Å². The zero-order valence-electron chi connectivity index (χ0n) is 29.9. The van der Waals surface area contributed by atoms with E-state index in [1.807, 2.05) is 0 Å². The molecule has 0 aliphatic carbocycles. The van der Waals surface area contributed by atoms with Gasteiger partial charge in [0, 0.05) is 19.8 Å². The Kier molecular flexibility index (Phi) is 12.8. The van der Waals surface area contributed by atoms with E-state index in [1.165, 1.54) is 0 Å². The lowest BCUT2D eigenvalue weighted by molar-refractivity contribution is 0.0444. The molecule has 0 fully saturated rings. The van der Waals surface area contributed by atoms with Crippen LogP contribution in [-0.4, -0.2) is 92.2 Å². The molecule has 0 aliphatic heterocycles. The van der Waals surface area contributed by atoms with E-state index in [0.717, 1.165) is 20.8 Å². The first kappa shape index (κ1) is 45.1. The van der Waals surface area contributed by atoms with Crippen molar-refractivity contribution in [3.63, 3.8) is 0 Å². The van der Waals surface area contributed by atoms with Gasteiger partial charge in [0.25, 0.3) is 0 Å². The molecule has 0 aromatic carbocycles. The molecule has 6 amide bonds. The summed E-state index contributed by atoms with van der Waals surface area (Å²) in [6.45, 7) is 1.11. The molecule has 58 heavy (non-hydrogen) atoms. The van der Waals surface area contributed by atoms with Gasteiger partial charge in [0.1, 0.15) is 5.04 Å². The number of hydrogen-bond donors (Lipinski definition) is 6. The van der Waals surface area contributed by atoms with Crippen LogP contribution in [0, 0.1) is 17.5 Å². The molecule has 12 N–H and O–H groups in total. The lowest BCUT2D eigenvalue weighted by Crippen LogP contribution is -2.69. The third-order valence-electron chi connectivity index (χ3n) is 8.10. The van der Waals surface area contributed by atoms with Crippen molar-refractivity contribution in [1.29, 1.82) is 0 Å². The maximum absolute atomic E-state index is 17.2. The van der Waals surface area contributed by atoms with Gasteiger partial charge in [-0.05, 0) is 33.6 Å². The van der Waals surface area contributed by atoms with Crippen LogP contribution >= 0.6 is 0 Å². The third-order valence-corrected chi connectivity index (χ3v) is 11.9. The summed E-state index contributed by atoms with van der Waals surface area (Å²) in [4.78, 5) is 156. The van der Waals surface area contributed by atoms with Gasteiger partial charge in [-0.1, -0.05) is 0 Å². The van der Waals surface area contributed by atoms with Crippen LogP contribution in [0.1, 0.15) is 44.3 Å². The number of carbonyl (C=O) groups excluding carboxylic acids is 6. The second kappa shape index (κ2) is 16.5. The first-order valence-corrected chi connectivity index (χ1v) is 17.6. The van der Waals surface area contributed by atoms with Gasteiger partial charge in [-0.3, -0.25) is 14.4 Å². The van der Waals surface area contributed by atoms with Gasteiger partial charge in [-0.2, -0.15) is 26.9 Å². The molecule has 27 nitrogen and oxygen atoms in total. The highest BCUT2D eigenvalue weighted by molar-refractivity contribution is 6.65. The summed E-state index contributed by atoms with van der Waals surface area (Å²) < 4.78 is 64.0. The van der Waals surface area contributed by atoms with Crippen molar-refractivity contribution in [2.45, 2.75) is 38.7 Å². The number of amides is 6. The minimum Gasteiger partial charge on any atom is -0.373 e. The summed E-state index contributed by atoms with van der Waals surface area (Å²) in [6.07, 6.45) is -3.45. The normalized spacial score (nSPS) is 11.7. The summed E-state index contributed by atoms with van der Waals surface area (Å²) in [5.74, 6) is -7.41. The van der Waals surface area contributed by atoms with Gasteiger partial charge in [0.2, 0.25) is 17.5 Å². The van der Waals surface area contributed by atoms with Gasteiger partial charge in [0.15, 0.2) is 0 Å². The third kappa shape index (κ3) is 6.81. The van der Waals surface area contributed by atoms with Crippen LogP contribution in [0.3, 0.4) is 0 Å². The molecule has 3 aromatic heterocycles. The molecule has 0 saturated carbocycles. The van der Waals surface area contributed by atoms with Crippen LogP contribution in [0.2, 0.25) is 0 Å². The summed E-state index contributed by atoms with van der Waals surface area (Å²) >= 11 is 0. The van der Waals surface area contributed by atoms with E-state index >= 15 is 13.2 Å². The molecule has 3 aromatic rings. The van der Waals surface area contributed by atoms with Crippen LogP contribution in [-0.2, 0) is 24.7 Å². The highest BCUT2D eigenvalue weighted by Crippen LogP contribution is 2.47. The maximum atomic E-state index is 17.2. The van der Waals surface area contributed by atoms with E-state index in [1.54, 1.807) is 0 Å². The largest absolute Gasteiger partial charge is 0.520 e. The fourth-order valence-electron chi connectivity index (χ4n) is 6.14. The van der Waals surface area contributed by atoms with Crippen LogP contribution in [0.5, 0.6) is 0 Å². The summed E-state index contributed by atoms with van der Waals surface area (Å²) in [6, 6.07) is -12.6. The Bertz CT molecular complexity index is 2550. The number of hydrogen-bond acceptors (Lipinski definition) is 15. The van der Waals surface area contributed by atoms with Crippen molar-refractivity contribution < 1.29 is 55.2 Å². The van der Waals surface area contributed by atoms with Crippen molar-refractivity contribution in [3.8, 4) is 0 Å². The van der Waals surface area contributed by atoms with E-state index in [4.69, 9.17) is 47.7 Å². The zero-order valence-corrected chi connectivity index (χ0v) is 30.9. The van der Waals surface area contributed by atoms with E-state index in [9.17, 15) is 57.5 Å². The van der Waals surface area contributed by atoms with Crippen LogP contribution in [0.25, 0.3) is 0 Å². The summed E-state index contributed by atoms with van der Waals surface area (Å²) in [5, 5.41) is -3.92. The summed E-state index contributed by atoms with van der Waals surface area (Å²) in [5.41, 5.74) is 12.0. The van der Waals surface area contributed by atoms with E-state index in [-0.39, 0.29) is 0 Å². The van der Waals surface area contributed by atoms with E-state index < -0.39 is 178 Å². The minimum absolute atomic E-state index is 0.428. The zero-order chi connectivity index (χ0) is 44.5. The first-order valence-electron chi connectivity index (χ1n) is 15.8. The topological polar surface area (TPSA) is 418 Å². The Balaban J connectivity index is 3.11. The molecule has 3 rings (SSSR count). The van der Waals surface area contributed by atoms with Gasteiger partial charge in [0.05, 0.1) is 17.1 Å². The van der Waals surface area contributed by atoms with Crippen LogP contribution in [0.15, 0.2) is 28.8 Å². The van der Waals surface area contributed by atoms with Crippen molar-refractivity contribution in [1.82, 2.24) is 27.4 Å². The molecular weight excluding hydrogens is 817 g/mol. The fraction of sp³-hybridized carbons (Fsp3) is 0.333. The van der Waals surface area contributed by atoms with Crippen molar-refractivity contribution in [2.24, 2.45) is 34.4 Å².